The summed E-state index contributed by atoms with van der Waals surface area (Å²) in [5, 5.41) is 13.8. The highest BCUT2D eigenvalue weighted by Gasteiger charge is 2.19. The predicted octanol–water partition coefficient (Wildman–Crippen LogP) is 4.79. The molecule has 0 aliphatic carbocycles. The van der Waals surface area contributed by atoms with E-state index in [1.54, 1.807) is 0 Å². The van der Waals surface area contributed by atoms with Crippen molar-refractivity contribution in [3.63, 3.8) is 0 Å². The number of nitrogens with one attached hydrogen (secondary N) is 2. The molecule has 2 unspecified atom stereocenters. The minimum Gasteiger partial charge on any atom is -0.355 e. The quantitative estimate of drug-likeness (QED) is 0.477. The molecule has 0 radical (unpaired) electrons. The summed E-state index contributed by atoms with van der Waals surface area (Å²) in [4.78, 5) is 24.4. The van der Waals surface area contributed by atoms with Crippen molar-refractivity contribution >= 4 is 52.4 Å². The van der Waals surface area contributed by atoms with Crippen LogP contribution in [0.15, 0.2) is 32.9 Å². The fourth-order valence-electron chi connectivity index (χ4n) is 2.45. The first kappa shape index (κ1) is 23.7. The van der Waals surface area contributed by atoms with E-state index in [0.29, 0.717) is 18.2 Å². The third kappa shape index (κ3) is 7.64. The first-order chi connectivity index (χ1) is 13.9. The number of carbonyl (C=O) groups excluding carboxylic acids is 2. The summed E-state index contributed by atoms with van der Waals surface area (Å²) in [5.74, 6) is 0.636. The van der Waals surface area contributed by atoms with Gasteiger partial charge in [0.1, 0.15) is 0 Å². The van der Waals surface area contributed by atoms with Crippen molar-refractivity contribution < 1.29 is 9.59 Å². The van der Waals surface area contributed by atoms with E-state index in [-0.39, 0.29) is 17.1 Å². The lowest BCUT2D eigenvalue weighted by Gasteiger charge is -2.17. The Balaban J connectivity index is 1.89. The van der Waals surface area contributed by atoms with Crippen molar-refractivity contribution in [3.8, 4) is 0 Å². The minimum absolute atomic E-state index is 0.00558. The van der Waals surface area contributed by atoms with Crippen LogP contribution in [-0.2, 0) is 9.59 Å². The summed E-state index contributed by atoms with van der Waals surface area (Å²) in [7, 11) is 0. The Morgan fingerprint density at radius 3 is 2.59 bits per heavy atom. The van der Waals surface area contributed by atoms with E-state index in [2.05, 4.69) is 40.7 Å². The molecular formula is C20H28N4O2S3. The highest BCUT2D eigenvalue weighted by Crippen LogP contribution is 2.32. The van der Waals surface area contributed by atoms with Gasteiger partial charge in [0.05, 0.1) is 11.0 Å². The fraction of sp³-hybridized carbons (Fsp3) is 0.500. The second-order valence-corrected chi connectivity index (χ2v) is 10.4. The zero-order valence-corrected chi connectivity index (χ0v) is 19.7. The summed E-state index contributed by atoms with van der Waals surface area (Å²) in [6.07, 6.45) is 1.93. The molecule has 0 bridgehead atoms. The predicted molar refractivity (Wildman–Crippen MR) is 123 cm³/mol. The van der Waals surface area contributed by atoms with Crippen LogP contribution in [0, 0.1) is 0 Å². The van der Waals surface area contributed by atoms with Gasteiger partial charge in [0.25, 0.3) is 0 Å². The maximum atomic E-state index is 12.7. The Kier molecular flexibility index (Phi) is 9.96. The summed E-state index contributed by atoms with van der Waals surface area (Å²) < 4.78 is 1.45. The van der Waals surface area contributed by atoms with Gasteiger partial charge in [-0.2, -0.15) is 0 Å². The molecule has 9 heteroatoms. The van der Waals surface area contributed by atoms with Gasteiger partial charge in [-0.25, -0.2) is 0 Å². The van der Waals surface area contributed by atoms with Crippen molar-refractivity contribution in [2.75, 3.05) is 17.6 Å². The third-order valence-electron chi connectivity index (χ3n) is 4.30. The average Bonchev–Trinajstić information content (AvgIpc) is 3.17. The molecule has 0 aliphatic rings. The molecule has 0 saturated heterocycles. The fourth-order valence-corrected chi connectivity index (χ4v) is 5.44. The van der Waals surface area contributed by atoms with E-state index >= 15 is 0 Å². The lowest BCUT2D eigenvalue weighted by atomic mass is 9.97. The van der Waals surface area contributed by atoms with Gasteiger partial charge in [0.2, 0.25) is 11.8 Å². The first-order valence-corrected chi connectivity index (χ1v) is 12.4. The first-order valence-electron chi connectivity index (χ1n) is 9.74. The molecule has 0 fully saturated rings. The van der Waals surface area contributed by atoms with E-state index in [1.807, 2.05) is 32.0 Å². The number of nitrogens with zero attached hydrogens (tertiary/aromatic N) is 2. The largest absolute Gasteiger partial charge is 0.355 e. The molecule has 1 heterocycles. The van der Waals surface area contributed by atoms with Gasteiger partial charge < -0.3 is 10.6 Å². The van der Waals surface area contributed by atoms with Crippen molar-refractivity contribution in [2.24, 2.45) is 0 Å². The van der Waals surface area contributed by atoms with Gasteiger partial charge >= 0.3 is 0 Å². The van der Waals surface area contributed by atoms with Crippen LogP contribution >= 0.6 is 34.9 Å². The number of anilines is 1. The monoisotopic (exact) mass is 452 g/mol. The summed E-state index contributed by atoms with van der Waals surface area (Å²) >= 11 is 4.15. The average molecular weight is 453 g/mol. The molecular weight excluding hydrogens is 424 g/mol. The third-order valence-corrected chi connectivity index (χ3v) is 7.54. The van der Waals surface area contributed by atoms with Crippen LogP contribution in [0.1, 0.15) is 52.0 Å². The number of hydrogen-bond donors (Lipinski definition) is 2. The lowest BCUT2D eigenvalue weighted by molar-refractivity contribution is -0.118. The van der Waals surface area contributed by atoms with Crippen LogP contribution in [0.25, 0.3) is 0 Å². The number of rotatable bonds is 11. The topological polar surface area (TPSA) is 84.0 Å². The van der Waals surface area contributed by atoms with Gasteiger partial charge in [0, 0.05) is 12.2 Å². The van der Waals surface area contributed by atoms with Gasteiger partial charge in [0.15, 0.2) is 8.68 Å². The molecule has 1 aromatic carbocycles. The zero-order valence-electron chi connectivity index (χ0n) is 17.2. The van der Waals surface area contributed by atoms with Crippen LogP contribution in [-0.4, -0.2) is 39.6 Å². The lowest BCUT2D eigenvalue weighted by Crippen LogP contribution is -2.25. The molecule has 1 aromatic heterocycles. The van der Waals surface area contributed by atoms with Crippen LogP contribution in [0.3, 0.4) is 0 Å². The number of para-hydroxylation sites is 1. The van der Waals surface area contributed by atoms with Crippen molar-refractivity contribution in [1.82, 2.24) is 15.5 Å². The number of hydrogen-bond acceptors (Lipinski definition) is 7. The number of benzene rings is 1. The van der Waals surface area contributed by atoms with Crippen LogP contribution in [0.4, 0.5) is 5.69 Å². The van der Waals surface area contributed by atoms with Crippen molar-refractivity contribution in [1.29, 1.82) is 0 Å². The Morgan fingerprint density at radius 2 is 1.86 bits per heavy atom. The highest BCUT2D eigenvalue weighted by atomic mass is 32.2. The number of aromatic nitrogens is 2. The molecule has 0 saturated carbocycles. The van der Waals surface area contributed by atoms with Gasteiger partial charge in [-0.1, -0.05) is 73.8 Å². The molecule has 6 nitrogen and oxygen atoms in total. The molecule has 2 amide bonds. The van der Waals surface area contributed by atoms with Crippen LogP contribution in [0.5, 0.6) is 0 Å². The van der Waals surface area contributed by atoms with Crippen molar-refractivity contribution in [3.05, 3.63) is 29.8 Å². The molecule has 0 aliphatic heterocycles. The van der Waals surface area contributed by atoms with Gasteiger partial charge in [-0.3, -0.25) is 9.59 Å². The van der Waals surface area contributed by atoms with Crippen LogP contribution < -0.4 is 10.6 Å². The molecule has 2 aromatic rings. The molecule has 2 rings (SSSR count). The zero-order chi connectivity index (χ0) is 21.2. The maximum absolute atomic E-state index is 12.7. The van der Waals surface area contributed by atoms with E-state index in [9.17, 15) is 9.59 Å². The molecule has 29 heavy (non-hydrogen) atoms. The van der Waals surface area contributed by atoms with Gasteiger partial charge in [-0.15, -0.1) is 10.2 Å². The molecule has 2 atom stereocenters. The molecule has 158 valence electrons. The summed E-state index contributed by atoms with van der Waals surface area (Å²) in [6.45, 7) is 8.86. The number of amides is 2. The maximum Gasteiger partial charge on any atom is 0.237 e. The number of carbonyl (C=O) groups is 2. The Hall–Kier alpha value is -1.58. The van der Waals surface area contributed by atoms with Gasteiger partial charge in [-0.05, 0) is 37.3 Å². The number of thioether (sulfide) groups is 2. The molecule has 2 N–H and O–H groups in total. The smallest absolute Gasteiger partial charge is 0.237 e. The minimum atomic E-state index is -0.307. The van der Waals surface area contributed by atoms with E-state index in [1.165, 1.54) is 34.9 Å². The Bertz CT molecular complexity index is 813. The van der Waals surface area contributed by atoms with E-state index in [4.69, 9.17) is 0 Å². The van der Waals surface area contributed by atoms with Crippen LogP contribution in [0.2, 0.25) is 0 Å². The Labute approximate surface area is 185 Å². The van der Waals surface area contributed by atoms with E-state index < -0.39 is 0 Å². The normalized spacial score (nSPS) is 13.0. The Morgan fingerprint density at radius 1 is 1.14 bits per heavy atom. The highest BCUT2D eigenvalue weighted by molar-refractivity contribution is 8.04. The van der Waals surface area contributed by atoms with E-state index in [0.717, 1.165) is 32.8 Å². The standard InChI is InChI=1S/C20H28N4O2S3/c1-5-11-21-17(25)12-27-19-23-24-20(29-19)28-14(4)18(26)22-16-10-8-7-9-15(16)13(3)6-2/h7-10,13-14H,5-6,11-12H2,1-4H3,(H,21,25)(H,22,26). The SMILES string of the molecule is CCCNC(=O)CSc1nnc(SC(C)C(=O)Nc2ccccc2C(C)CC)s1. The summed E-state index contributed by atoms with van der Waals surface area (Å²) in [5.41, 5.74) is 2.02. The second kappa shape index (κ2) is 12.2. The summed E-state index contributed by atoms with van der Waals surface area (Å²) in [6, 6.07) is 7.94. The molecule has 0 spiro atoms. The van der Waals surface area contributed by atoms with Crippen molar-refractivity contribution in [2.45, 2.75) is 60.4 Å². The second-order valence-electron chi connectivity index (χ2n) is 6.62.